The second kappa shape index (κ2) is 3.68. The van der Waals surface area contributed by atoms with E-state index >= 15 is 0 Å². The first-order valence-corrected chi connectivity index (χ1v) is 4.19. The van der Waals surface area contributed by atoms with Crippen LogP contribution in [0.25, 0.3) is 0 Å². The second-order valence-electron chi connectivity index (χ2n) is 2.94. The minimum Gasteiger partial charge on any atom is -0.439 e. The molecule has 0 spiro atoms. The number of aromatic nitrogens is 2. The van der Waals surface area contributed by atoms with E-state index in [2.05, 4.69) is 11.3 Å². The summed E-state index contributed by atoms with van der Waals surface area (Å²) in [7, 11) is 1.64. The SMILES string of the molecule is Cn1n[c]cc1Oc1cc(F)cc(F)c1. The predicted molar refractivity (Wildman–Crippen MR) is 48.5 cm³/mol. The number of hydrogen-bond acceptors (Lipinski definition) is 2. The molecule has 2 aromatic rings. The van der Waals surface area contributed by atoms with Crippen molar-refractivity contribution < 1.29 is 13.5 Å². The standard InChI is InChI=1S/C10H7F2N2O/c1-14-10(2-3-13-14)15-9-5-7(11)4-8(12)6-9/h2,4-6H,1H3. The Morgan fingerprint density at radius 3 is 2.47 bits per heavy atom. The summed E-state index contributed by atoms with van der Waals surface area (Å²) in [5.41, 5.74) is 0. The second-order valence-corrected chi connectivity index (χ2v) is 2.94. The molecule has 1 aromatic heterocycles. The van der Waals surface area contributed by atoms with Gasteiger partial charge >= 0.3 is 0 Å². The smallest absolute Gasteiger partial charge is 0.218 e. The summed E-state index contributed by atoms with van der Waals surface area (Å²) < 4.78 is 32.2. The Bertz CT molecular complexity index is 462. The van der Waals surface area contributed by atoms with E-state index in [1.807, 2.05) is 0 Å². The molecule has 0 aliphatic carbocycles. The third-order valence-corrected chi connectivity index (χ3v) is 1.77. The Labute approximate surface area is 84.9 Å². The van der Waals surface area contributed by atoms with Gasteiger partial charge in [-0.15, -0.1) is 0 Å². The summed E-state index contributed by atoms with van der Waals surface area (Å²) in [6.45, 7) is 0. The summed E-state index contributed by atoms with van der Waals surface area (Å²) >= 11 is 0. The van der Waals surface area contributed by atoms with Gasteiger partial charge in [0.05, 0.1) is 0 Å². The Balaban J connectivity index is 2.28. The molecular formula is C10H7F2N2O. The van der Waals surface area contributed by atoms with Crippen molar-refractivity contribution in [1.82, 2.24) is 9.78 Å². The van der Waals surface area contributed by atoms with Crippen molar-refractivity contribution in [2.45, 2.75) is 0 Å². The zero-order valence-corrected chi connectivity index (χ0v) is 7.87. The van der Waals surface area contributed by atoms with E-state index in [1.165, 1.54) is 10.7 Å². The lowest BCUT2D eigenvalue weighted by Crippen LogP contribution is -1.95. The van der Waals surface area contributed by atoms with Gasteiger partial charge < -0.3 is 4.74 Å². The van der Waals surface area contributed by atoms with Crippen LogP contribution >= 0.6 is 0 Å². The first kappa shape index (κ1) is 9.64. The van der Waals surface area contributed by atoms with Gasteiger partial charge in [0.15, 0.2) is 0 Å². The van der Waals surface area contributed by atoms with Crippen LogP contribution in [0.15, 0.2) is 24.3 Å². The average Bonchev–Trinajstić information content (AvgIpc) is 2.50. The molecule has 0 unspecified atom stereocenters. The van der Waals surface area contributed by atoms with Crippen LogP contribution in [0.2, 0.25) is 0 Å². The molecule has 0 N–H and O–H groups in total. The lowest BCUT2D eigenvalue weighted by Gasteiger charge is -2.05. The van der Waals surface area contributed by atoms with Crippen LogP contribution < -0.4 is 4.74 Å². The molecule has 1 radical (unpaired) electrons. The molecule has 2 rings (SSSR count). The minimum atomic E-state index is -0.684. The van der Waals surface area contributed by atoms with Crippen LogP contribution in [0.5, 0.6) is 11.6 Å². The zero-order chi connectivity index (χ0) is 10.8. The van der Waals surface area contributed by atoms with E-state index in [1.54, 1.807) is 7.05 Å². The van der Waals surface area contributed by atoms with Gasteiger partial charge in [-0.25, -0.2) is 13.5 Å². The van der Waals surface area contributed by atoms with E-state index in [4.69, 9.17) is 4.74 Å². The number of rotatable bonds is 2. The number of hydrogen-bond donors (Lipinski definition) is 0. The van der Waals surface area contributed by atoms with Crippen molar-refractivity contribution in [2.24, 2.45) is 7.05 Å². The highest BCUT2D eigenvalue weighted by atomic mass is 19.1. The fraction of sp³-hybridized carbons (Fsp3) is 0.100. The normalized spacial score (nSPS) is 10.3. The van der Waals surface area contributed by atoms with Crippen LogP contribution in [0.3, 0.4) is 0 Å². The average molecular weight is 209 g/mol. The summed E-state index contributed by atoms with van der Waals surface area (Å²) in [6, 6.07) is 4.44. The molecule has 77 valence electrons. The number of aryl methyl sites for hydroxylation is 1. The van der Waals surface area contributed by atoms with Crippen LogP contribution in [-0.2, 0) is 7.05 Å². The van der Waals surface area contributed by atoms with E-state index in [0.29, 0.717) is 5.88 Å². The van der Waals surface area contributed by atoms with Gasteiger partial charge in [-0.2, -0.15) is 5.10 Å². The monoisotopic (exact) mass is 209 g/mol. The van der Waals surface area contributed by atoms with Gasteiger partial charge in [0, 0.05) is 31.3 Å². The number of halogens is 2. The molecule has 0 saturated carbocycles. The molecule has 5 heteroatoms. The fourth-order valence-electron chi connectivity index (χ4n) is 1.12. The maximum atomic E-state index is 12.8. The van der Waals surface area contributed by atoms with E-state index in [-0.39, 0.29) is 5.75 Å². The molecule has 1 aromatic carbocycles. The van der Waals surface area contributed by atoms with Crippen molar-refractivity contribution in [3.63, 3.8) is 0 Å². The fourth-order valence-corrected chi connectivity index (χ4v) is 1.12. The van der Waals surface area contributed by atoms with Crippen molar-refractivity contribution in [3.05, 3.63) is 42.1 Å². The van der Waals surface area contributed by atoms with Crippen LogP contribution in [0.4, 0.5) is 8.78 Å². The third-order valence-electron chi connectivity index (χ3n) is 1.77. The van der Waals surface area contributed by atoms with Gasteiger partial charge in [-0.05, 0) is 0 Å². The van der Waals surface area contributed by atoms with Crippen molar-refractivity contribution >= 4 is 0 Å². The van der Waals surface area contributed by atoms with Gasteiger partial charge in [0.25, 0.3) is 0 Å². The topological polar surface area (TPSA) is 27.1 Å². The lowest BCUT2D eigenvalue weighted by atomic mass is 10.3. The Hall–Kier alpha value is -1.91. The molecule has 0 fully saturated rings. The van der Waals surface area contributed by atoms with Gasteiger partial charge in [0.2, 0.25) is 5.88 Å². The van der Waals surface area contributed by atoms with Crippen molar-refractivity contribution in [1.29, 1.82) is 0 Å². The van der Waals surface area contributed by atoms with Gasteiger partial charge in [-0.3, -0.25) is 0 Å². The van der Waals surface area contributed by atoms with Crippen molar-refractivity contribution in [2.75, 3.05) is 0 Å². The minimum absolute atomic E-state index is 0.0875. The number of benzene rings is 1. The summed E-state index contributed by atoms with van der Waals surface area (Å²) in [5, 5.41) is 3.74. The van der Waals surface area contributed by atoms with E-state index < -0.39 is 11.6 Å². The summed E-state index contributed by atoms with van der Waals surface area (Å²) in [6.07, 6.45) is 2.55. The highest BCUT2D eigenvalue weighted by molar-refractivity contribution is 5.27. The molecule has 0 aliphatic rings. The van der Waals surface area contributed by atoms with Gasteiger partial charge in [-0.1, -0.05) is 0 Å². The third kappa shape index (κ3) is 2.12. The molecule has 0 amide bonds. The Kier molecular flexibility index (Phi) is 2.37. The summed E-state index contributed by atoms with van der Waals surface area (Å²) in [4.78, 5) is 0. The molecule has 0 atom stereocenters. The molecule has 3 nitrogen and oxygen atoms in total. The van der Waals surface area contributed by atoms with E-state index in [0.717, 1.165) is 18.2 Å². The summed E-state index contributed by atoms with van der Waals surface area (Å²) in [5.74, 6) is -0.920. The maximum absolute atomic E-state index is 12.8. The number of nitrogens with zero attached hydrogens (tertiary/aromatic N) is 2. The van der Waals surface area contributed by atoms with Crippen LogP contribution in [-0.4, -0.2) is 9.78 Å². The van der Waals surface area contributed by atoms with Crippen LogP contribution in [0.1, 0.15) is 0 Å². The quantitative estimate of drug-likeness (QED) is 0.758. The highest BCUT2D eigenvalue weighted by Gasteiger charge is 2.05. The molecule has 0 bridgehead atoms. The predicted octanol–water partition coefficient (Wildman–Crippen LogP) is 2.29. The van der Waals surface area contributed by atoms with Gasteiger partial charge in [0.1, 0.15) is 23.6 Å². The molecular weight excluding hydrogens is 202 g/mol. The van der Waals surface area contributed by atoms with E-state index in [9.17, 15) is 8.78 Å². The zero-order valence-electron chi connectivity index (χ0n) is 7.87. The Morgan fingerprint density at radius 1 is 1.27 bits per heavy atom. The largest absolute Gasteiger partial charge is 0.439 e. The highest BCUT2D eigenvalue weighted by Crippen LogP contribution is 2.21. The first-order chi connectivity index (χ1) is 7.15. The molecule has 1 heterocycles. The lowest BCUT2D eigenvalue weighted by molar-refractivity contribution is 0.423. The van der Waals surface area contributed by atoms with Crippen LogP contribution in [0, 0.1) is 17.8 Å². The molecule has 0 saturated heterocycles. The molecule has 0 aliphatic heterocycles. The first-order valence-electron chi connectivity index (χ1n) is 4.19. The van der Waals surface area contributed by atoms with Crippen molar-refractivity contribution in [3.8, 4) is 11.6 Å². The number of ether oxygens (including phenoxy) is 1. The Morgan fingerprint density at radius 2 is 1.93 bits per heavy atom. The maximum Gasteiger partial charge on any atom is 0.218 e. The molecule has 15 heavy (non-hydrogen) atoms.